The SMILES string of the molecule is CC1(NC(=O)c2cnc3[nH]c(=O)[nH]c3c2)CC=CCC1. The van der Waals surface area contributed by atoms with Crippen LogP contribution in [0.5, 0.6) is 0 Å². The number of allylic oxidation sites excluding steroid dienone is 1. The molecule has 0 spiro atoms. The molecule has 3 N–H and O–H groups in total. The highest BCUT2D eigenvalue weighted by Gasteiger charge is 2.26. The van der Waals surface area contributed by atoms with Gasteiger partial charge in [0.1, 0.15) is 0 Å². The number of carbonyl (C=O) groups excluding carboxylic acids is 1. The lowest BCUT2D eigenvalue weighted by Crippen LogP contribution is -2.46. The Labute approximate surface area is 115 Å². The number of H-pyrrole nitrogens is 2. The van der Waals surface area contributed by atoms with Crippen molar-refractivity contribution in [2.45, 2.75) is 31.7 Å². The van der Waals surface area contributed by atoms with Gasteiger partial charge in [0.15, 0.2) is 5.65 Å². The van der Waals surface area contributed by atoms with Gasteiger partial charge in [0.25, 0.3) is 5.91 Å². The first-order chi connectivity index (χ1) is 9.56. The van der Waals surface area contributed by atoms with Crippen molar-refractivity contribution in [3.05, 3.63) is 40.5 Å². The Hall–Kier alpha value is -2.37. The van der Waals surface area contributed by atoms with E-state index in [2.05, 4.69) is 32.4 Å². The molecule has 0 fully saturated rings. The first kappa shape index (κ1) is 12.7. The van der Waals surface area contributed by atoms with Gasteiger partial charge in [0.05, 0.1) is 11.1 Å². The van der Waals surface area contributed by atoms with Gasteiger partial charge >= 0.3 is 5.69 Å². The van der Waals surface area contributed by atoms with Crippen molar-refractivity contribution in [1.82, 2.24) is 20.3 Å². The van der Waals surface area contributed by atoms with Crippen LogP contribution in [0, 0.1) is 0 Å². The quantitative estimate of drug-likeness (QED) is 0.723. The Kier molecular flexibility index (Phi) is 2.93. The summed E-state index contributed by atoms with van der Waals surface area (Å²) in [6, 6.07) is 1.64. The van der Waals surface area contributed by atoms with Gasteiger partial charge in [-0.15, -0.1) is 0 Å². The number of rotatable bonds is 2. The van der Waals surface area contributed by atoms with Crippen LogP contribution in [0.2, 0.25) is 0 Å². The minimum Gasteiger partial charge on any atom is -0.347 e. The number of aromatic amines is 2. The molecular weight excluding hydrogens is 256 g/mol. The lowest BCUT2D eigenvalue weighted by Gasteiger charge is -2.31. The Morgan fingerprint density at radius 1 is 1.40 bits per heavy atom. The summed E-state index contributed by atoms with van der Waals surface area (Å²) in [5, 5.41) is 3.05. The van der Waals surface area contributed by atoms with Crippen LogP contribution in [-0.4, -0.2) is 26.4 Å². The third kappa shape index (κ3) is 2.36. The second-order valence-corrected chi connectivity index (χ2v) is 5.43. The van der Waals surface area contributed by atoms with Crippen molar-refractivity contribution in [3.8, 4) is 0 Å². The number of nitrogens with one attached hydrogen (secondary N) is 3. The molecule has 6 heteroatoms. The van der Waals surface area contributed by atoms with Crippen molar-refractivity contribution in [2.24, 2.45) is 0 Å². The molecule has 2 aromatic rings. The molecule has 0 aliphatic heterocycles. The standard InChI is InChI=1S/C14H16N4O2/c1-14(5-3-2-4-6-14)18-12(19)9-7-10-11(15-8-9)17-13(20)16-10/h2-3,7-8H,4-6H2,1H3,(H,18,19)(H2,15,16,17,20). The Bertz CT molecular complexity index is 743. The van der Waals surface area contributed by atoms with Gasteiger partial charge in [-0.3, -0.25) is 9.78 Å². The van der Waals surface area contributed by atoms with Gasteiger partial charge in [-0.05, 0) is 32.3 Å². The smallest absolute Gasteiger partial charge is 0.325 e. The summed E-state index contributed by atoms with van der Waals surface area (Å²) in [6.07, 6.45) is 8.42. The highest BCUT2D eigenvalue weighted by Crippen LogP contribution is 2.23. The van der Waals surface area contributed by atoms with Crippen molar-refractivity contribution < 1.29 is 4.79 Å². The van der Waals surface area contributed by atoms with Gasteiger partial charge < -0.3 is 10.3 Å². The normalized spacial score (nSPS) is 22.1. The van der Waals surface area contributed by atoms with Crippen LogP contribution in [0.1, 0.15) is 36.5 Å². The highest BCUT2D eigenvalue weighted by atomic mass is 16.2. The summed E-state index contributed by atoms with van der Waals surface area (Å²) < 4.78 is 0. The fourth-order valence-electron chi connectivity index (χ4n) is 2.47. The minimum atomic E-state index is -0.325. The summed E-state index contributed by atoms with van der Waals surface area (Å²) in [5.74, 6) is -0.167. The average Bonchev–Trinajstić information content (AvgIpc) is 2.78. The van der Waals surface area contributed by atoms with Crippen LogP contribution in [0.25, 0.3) is 11.2 Å². The molecule has 0 radical (unpaired) electrons. The molecule has 1 aliphatic rings. The average molecular weight is 272 g/mol. The van der Waals surface area contributed by atoms with Crippen LogP contribution in [0.3, 0.4) is 0 Å². The zero-order valence-corrected chi connectivity index (χ0v) is 11.2. The maximum Gasteiger partial charge on any atom is 0.325 e. The number of pyridine rings is 1. The van der Waals surface area contributed by atoms with E-state index in [0.29, 0.717) is 16.7 Å². The summed E-state index contributed by atoms with van der Waals surface area (Å²) >= 11 is 0. The van der Waals surface area contributed by atoms with Crippen molar-refractivity contribution >= 4 is 17.1 Å². The van der Waals surface area contributed by atoms with E-state index in [-0.39, 0.29) is 17.1 Å². The fourth-order valence-corrected chi connectivity index (χ4v) is 2.47. The molecule has 1 amide bonds. The number of imidazole rings is 1. The third-order valence-corrected chi connectivity index (χ3v) is 3.64. The molecular formula is C14H16N4O2. The van der Waals surface area contributed by atoms with Crippen LogP contribution >= 0.6 is 0 Å². The van der Waals surface area contributed by atoms with Crippen molar-refractivity contribution in [3.63, 3.8) is 0 Å². The fraction of sp³-hybridized carbons (Fsp3) is 0.357. The maximum absolute atomic E-state index is 12.3. The van der Waals surface area contributed by atoms with E-state index in [0.717, 1.165) is 19.3 Å². The Morgan fingerprint density at radius 3 is 3.00 bits per heavy atom. The van der Waals surface area contributed by atoms with E-state index >= 15 is 0 Å². The Balaban J connectivity index is 1.84. The summed E-state index contributed by atoms with van der Waals surface area (Å²) in [6.45, 7) is 2.04. The number of nitrogens with zero attached hydrogens (tertiary/aromatic N) is 1. The van der Waals surface area contributed by atoms with Crippen LogP contribution in [0.15, 0.2) is 29.2 Å². The third-order valence-electron chi connectivity index (χ3n) is 3.64. The number of amides is 1. The predicted molar refractivity (Wildman–Crippen MR) is 75.6 cm³/mol. The number of hydrogen-bond acceptors (Lipinski definition) is 3. The monoisotopic (exact) mass is 272 g/mol. The van der Waals surface area contributed by atoms with E-state index in [9.17, 15) is 9.59 Å². The van der Waals surface area contributed by atoms with Crippen LogP contribution < -0.4 is 11.0 Å². The van der Waals surface area contributed by atoms with Gasteiger partial charge in [0, 0.05) is 11.7 Å². The molecule has 104 valence electrons. The lowest BCUT2D eigenvalue weighted by molar-refractivity contribution is 0.0900. The summed E-state index contributed by atoms with van der Waals surface area (Å²) in [5.41, 5.74) is 0.902. The van der Waals surface area contributed by atoms with Gasteiger partial charge in [0.2, 0.25) is 0 Å². The molecule has 0 saturated heterocycles. The molecule has 1 unspecified atom stereocenters. The number of hydrogen-bond donors (Lipinski definition) is 3. The molecule has 0 bridgehead atoms. The molecule has 1 atom stereocenters. The van der Waals surface area contributed by atoms with Crippen molar-refractivity contribution in [2.75, 3.05) is 0 Å². The first-order valence-corrected chi connectivity index (χ1v) is 6.61. The molecule has 2 aromatic heterocycles. The zero-order valence-electron chi connectivity index (χ0n) is 11.2. The molecule has 0 saturated carbocycles. The highest BCUT2D eigenvalue weighted by molar-refractivity contribution is 5.96. The predicted octanol–water partition coefficient (Wildman–Crippen LogP) is 1.48. The van der Waals surface area contributed by atoms with E-state index < -0.39 is 0 Å². The largest absolute Gasteiger partial charge is 0.347 e. The topological polar surface area (TPSA) is 90.6 Å². The zero-order chi connectivity index (χ0) is 14.2. The summed E-state index contributed by atoms with van der Waals surface area (Å²) in [7, 11) is 0. The number of fused-ring (bicyclic) bond motifs is 1. The van der Waals surface area contributed by atoms with E-state index in [4.69, 9.17) is 0 Å². The lowest BCUT2D eigenvalue weighted by atomic mass is 9.87. The molecule has 1 aliphatic carbocycles. The Morgan fingerprint density at radius 2 is 2.25 bits per heavy atom. The number of carbonyl (C=O) groups is 1. The maximum atomic E-state index is 12.3. The van der Waals surface area contributed by atoms with Crippen LogP contribution in [-0.2, 0) is 0 Å². The minimum absolute atomic E-state index is 0.167. The molecule has 3 rings (SSSR count). The van der Waals surface area contributed by atoms with Gasteiger partial charge in [-0.25, -0.2) is 9.78 Å². The molecule has 20 heavy (non-hydrogen) atoms. The molecule has 2 heterocycles. The van der Waals surface area contributed by atoms with Crippen LogP contribution in [0.4, 0.5) is 0 Å². The van der Waals surface area contributed by atoms with E-state index in [1.54, 1.807) is 6.07 Å². The summed E-state index contributed by atoms with van der Waals surface area (Å²) in [4.78, 5) is 32.7. The van der Waals surface area contributed by atoms with E-state index in [1.807, 2.05) is 6.92 Å². The second-order valence-electron chi connectivity index (χ2n) is 5.43. The first-order valence-electron chi connectivity index (χ1n) is 6.61. The molecule has 6 nitrogen and oxygen atoms in total. The van der Waals surface area contributed by atoms with Crippen molar-refractivity contribution in [1.29, 1.82) is 0 Å². The number of aromatic nitrogens is 3. The molecule has 0 aromatic carbocycles. The van der Waals surface area contributed by atoms with E-state index in [1.165, 1.54) is 6.20 Å². The van der Waals surface area contributed by atoms with Gasteiger partial charge in [-0.2, -0.15) is 0 Å². The van der Waals surface area contributed by atoms with Gasteiger partial charge in [-0.1, -0.05) is 12.2 Å². The second kappa shape index (κ2) is 4.63.